The van der Waals surface area contributed by atoms with Gasteiger partial charge in [0.1, 0.15) is 10.4 Å². The van der Waals surface area contributed by atoms with Crippen LogP contribution < -0.4 is 15.6 Å². The Kier molecular flexibility index (Phi) is 6.10. The van der Waals surface area contributed by atoms with Crippen LogP contribution in [0.5, 0.6) is 0 Å². The van der Waals surface area contributed by atoms with Gasteiger partial charge in [-0.25, -0.2) is 9.37 Å². The van der Waals surface area contributed by atoms with Gasteiger partial charge in [0.05, 0.1) is 28.8 Å². The zero-order chi connectivity index (χ0) is 24.8. The van der Waals surface area contributed by atoms with Gasteiger partial charge in [-0.2, -0.15) is 0 Å². The molecule has 0 bridgehead atoms. The Morgan fingerprint density at radius 3 is 2.83 bits per heavy atom. The maximum Gasteiger partial charge on any atom is 0.258 e. The number of likely N-dealkylation sites (tertiary alicyclic amines) is 1. The fourth-order valence-corrected chi connectivity index (χ4v) is 6.56. The molecule has 0 unspecified atom stereocenters. The van der Waals surface area contributed by atoms with Gasteiger partial charge in [-0.3, -0.25) is 14.0 Å². The van der Waals surface area contributed by atoms with Gasteiger partial charge in [0.15, 0.2) is 17.3 Å². The van der Waals surface area contributed by atoms with E-state index in [1.54, 1.807) is 0 Å². The molecule has 1 aromatic carbocycles. The Bertz CT molecular complexity index is 1530. The van der Waals surface area contributed by atoms with Crippen molar-refractivity contribution in [1.29, 1.82) is 0 Å². The number of hydrogen-bond donors (Lipinski definition) is 1. The lowest BCUT2D eigenvalue weighted by Gasteiger charge is -2.28. The average Bonchev–Trinajstić information content (AvgIpc) is 3.47. The minimum absolute atomic E-state index is 0.0452. The normalized spacial score (nSPS) is 19.1. The first-order chi connectivity index (χ1) is 17.5. The first-order valence-corrected chi connectivity index (χ1v) is 13.2. The van der Waals surface area contributed by atoms with E-state index in [0.717, 1.165) is 36.0 Å². The number of anilines is 1. The molecule has 10 heteroatoms. The monoisotopic (exact) mass is 509 g/mol. The van der Waals surface area contributed by atoms with E-state index in [1.807, 2.05) is 33.6 Å². The van der Waals surface area contributed by atoms with E-state index in [-0.39, 0.29) is 16.8 Å². The standard InChI is InChI=1S/C26H28FN5O3S/c1-30-10-4-5-16(30)8-9-28-25(34)21-22(33)17-15-18(27)24(31-11-13-35-14-12-31)29-23(17)32-19-6-2-3-7-20(19)36-26(21)32/h2-3,6-7,15-16H,4-5,8-14H2,1H3,(H,28,34)/t16-/m0/s1. The number of benzene rings is 1. The lowest BCUT2D eigenvalue weighted by Crippen LogP contribution is -2.37. The summed E-state index contributed by atoms with van der Waals surface area (Å²) < 4.78 is 23.4. The molecule has 5 heterocycles. The summed E-state index contributed by atoms with van der Waals surface area (Å²) >= 11 is 1.38. The molecule has 188 valence electrons. The highest BCUT2D eigenvalue weighted by atomic mass is 32.1. The molecule has 2 fully saturated rings. The lowest BCUT2D eigenvalue weighted by molar-refractivity contribution is 0.0951. The molecule has 3 aromatic heterocycles. The summed E-state index contributed by atoms with van der Waals surface area (Å²) in [7, 11) is 2.10. The van der Waals surface area contributed by atoms with Crippen LogP contribution >= 0.6 is 11.3 Å². The van der Waals surface area contributed by atoms with Gasteiger partial charge in [-0.1, -0.05) is 12.1 Å². The third-order valence-electron chi connectivity index (χ3n) is 7.32. The van der Waals surface area contributed by atoms with Crippen LogP contribution in [0.15, 0.2) is 35.1 Å². The molecule has 8 nitrogen and oxygen atoms in total. The third kappa shape index (κ3) is 3.93. The second-order valence-corrected chi connectivity index (χ2v) is 10.5. The molecule has 0 spiro atoms. The predicted octanol–water partition coefficient (Wildman–Crippen LogP) is 3.25. The summed E-state index contributed by atoms with van der Waals surface area (Å²) in [5, 5.41) is 3.06. The zero-order valence-corrected chi connectivity index (χ0v) is 20.9. The van der Waals surface area contributed by atoms with Gasteiger partial charge in [-0.05, 0) is 51.1 Å². The number of halogens is 1. The molecule has 6 rings (SSSR count). The molecule has 0 aliphatic carbocycles. The number of carbonyl (C=O) groups is 1. The van der Waals surface area contributed by atoms with Gasteiger partial charge in [0.2, 0.25) is 5.43 Å². The van der Waals surface area contributed by atoms with Crippen LogP contribution in [0.1, 0.15) is 29.6 Å². The summed E-state index contributed by atoms with van der Waals surface area (Å²) in [6.45, 7) is 3.57. The first kappa shape index (κ1) is 23.3. The lowest BCUT2D eigenvalue weighted by atomic mass is 10.1. The number of para-hydroxylation sites is 1. The number of morpholine rings is 1. The van der Waals surface area contributed by atoms with Gasteiger partial charge in [-0.15, -0.1) is 11.3 Å². The average molecular weight is 510 g/mol. The molecule has 1 amide bonds. The molecule has 36 heavy (non-hydrogen) atoms. The molecule has 0 saturated carbocycles. The van der Waals surface area contributed by atoms with Crippen LogP contribution in [0.25, 0.3) is 26.1 Å². The van der Waals surface area contributed by atoms with Crippen molar-refractivity contribution in [3.05, 3.63) is 51.9 Å². The van der Waals surface area contributed by atoms with Crippen LogP contribution in [0.2, 0.25) is 0 Å². The molecule has 0 radical (unpaired) electrons. The van der Waals surface area contributed by atoms with E-state index in [1.165, 1.54) is 17.4 Å². The summed E-state index contributed by atoms with van der Waals surface area (Å²) in [6.07, 6.45) is 3.10. The number of nitrogens with one attached hydrogen (secondary N) is 1. The quantitative estimate of drug-likeness (QED) is 0.445. The van der Waals surface area contributed by atoms with E-state index in [9.17, 15) is 9.59 Å². The molecular formula is C26H28FN5O3S. The van der Waals surface area contributed by atoms with Crippen molar-refractivity contribution in [2.45, 2.75) is 25.3 Å². The smallest absolute Gasteiger partial charge is 0.258 e. The SMILES string of the molecule is CN1CCC[C@H]1CCNC(=O)c1c(=O)c2cc(F)c(N3CCOCC3)nc2n2c1sc1ccccc12. The van der Waals surface area contributed by atoms with Gasteiger partial charge < -0.3 is 19.9 Å². The zero-order valence-electron chi connectivity index (χ0n) is 20.1. The van der Waals surface area contributed by atoms with Gasteiger partial charge in [0, 0.05) is 25.7 Å². The molecule has 1 atom stereocenters. The van der Waals surface area contributed by atoms with E-state index >= 15 is 4.39 Å². The fourth-order valence-electron chi connectivity index (χ4n) is 5.38. The number of pyridine rings is 2. The number of carbonyl (C=O) groups excluding carboxylic acids is 1. The minimum atomic E-state index is -0.573. The number of aromatic nitrogens is 2. The summed E-state index contributed by atoms with van der Waals surface area (Å²) in [4.78, 5) is 36.4. The maximum absolute atomic E-state index is 15.3. The molecular weight excluding hydrogens is 481 g/mol. The topological polar surface area (TPSA) is 79.2 Å². The van der Waals surface area contributed by atoms with Crippen LogP contribution in [-0.2, 0) is 4.74 Å². The van der Waals surface area contributed by atoms with Crippen LogP contribution in [-0.4, -0.2) is 72.7 Å². The van der Waals surface area contributed by atoms with E-state index < -0.39 is 17.2 Å². The van der Waals surface area contributed by atoms with Crippen molar-refractivity contribution < 1.29 is 13.9 Å². The minimum Gasteiger partial charge on any atom is -0.378 e. The second kappa shape index (κ2) is 9.42. The number of amides is 1. The molecule has 1 N–H and O–H groups in total. The van der Waals surface area contributed by atoms with E-state index in [4.69, 9.17) is 4.74 Å². The fraction of sp³-hybridized carbons (Fsp3) is 0.423. The van der Waals surface area contributed by atoms with Crippen molar-refractivity contribution in [2.24, 2.45) is 0 Å². The number of thiazole rings is 1. The highest BCUT2D eigenvalue weighted by Crippen LogP contribution is 2.32. The van der Waals surface area contributed by atoms with E-state index in [2.05, 4.69) is 22.2 Å². The van der Waals surface area contributed by atoms with Gasteiger partial charge >= 0.3 is 0 Å². The van der Waals surface area contributed by atoms with Crippen molar-refractivity contribution in [3.63, 3.8) is 0 Å². The highest BCUT2D eigenvalue weighted by molar-refractivity contribution is 7.24. The highest BCUT2D eigenvalue weighted by Gasteiger charge is 2.26. The molecule has 2 aliphatic rings. The Balaban J connectivity index is 1.48. The third-order valence-corrected chi connectivity index (χ3v) is 8.47. The Morgan fingerprint density at radius 1 is 1.25 bits per heavy atom. The van der Waals surface area contributed by atoms with Crippen LogP contribution in [0.3, 0.4) is 0 Å². The predicted molar refractivity (Wildman–Crippen MR) is 140 cm³/mol. The van der Waals surface area contributed by atoms with Gasteiger partial charge in [0.25, 0.3) is 5.91 Å². The molecule has 4 aromatic rings. The number of ether oxygens (including phenoxy) is 1. The summed E-state index contributed by atoms with van der Waals surface area (Å²) in [5.74, 6) is -0.798. The molecule has 2 saturated heterocycles. The number of nitrogens with zero attached hydrogens (tertiary/aromatic N) is 4. The van der Waals surface area contributed by atoms with Crippen molar-refractivity contribution in [3.8, 4) is 0 Å². The second-order valence-electron chi connectivity index (χ2n) is 9.50. The summed E-state index contributed by atoms with van der Waals surface area (Å²) in [5.41, 5.74) is 0.742. The van der Waals surface area contributed by atoms with Crippen molar-refractivity contribution in [2.75, 3.05) is 51.3 Å². The van der Waals surface area contributed by atoms with Crippen LogP contribution in [0.4, 0.5) is 10.2 Å². The number of rotatable bonds is 5. The Labute approximate surface area is 211 Å². The number of hydrogen-bond acceptors (Lipinski definition) is 7. The van der Waals surface area contributed by atoms with Crippen LogP contribution in [0, 0.1) is 5.82 Å². The Morgan fingerprint density at radius 2 is 2.06 bits per heavy atom. The first-order valence-electron chi connectivity index (χ1n) is 12.4. The largest absolute Gasteiger partial charge is 0.378 e. The van der Waals surface area contributed by atoms with E-state index in [0.29, 0.717) is 49.4 Å². The summed E-state index contributed by atoms with van der Waals surface area (Å²) in [6, 6.07) is 9.38. The van der Waals surface area contributed by atoms with Crippen molar-refractivity contribution >= 4 is 49.1 Å². The van der Waals surface area contributed by atoms with Crippen molar-refractivity contribution in [1.82, 2.24) is 19.6 Å². The molecule has 2 aliphatic heterocycles. The number of fused-ring (bicyclic) bond motifs is 5. The maximum atomic E-state index is 15.3. The Hall–Kier alpha value is -3.08.